The van der Waals surface area contributed by atoms with E-state index in [0.29, 0.717) is 45.1 Å². The summed E-state index contributed by atoms with van der Waals surface area (Å²) < 4.78 is 11.0. The van der Waals surface area contributed by atoms with Crippen molar-refractivity contribution < 1.29 is 19.1 Å². The Morgan fingerprint density at radius 3 is 2.63 bits per heavy atom. The first-order valence-electron chi connectivity index (χ1n) is 10.6. The SMILES string of the molecule is CCOCC(=O)N1CCC2(CC1)CN(CCN(C)C1CCCCC1)C(=O)O2. The van der Waals surface area contributed by atoms with Crippen LogP contribution in [0.4, 0.5) is 4.79 Å². The number of hydrogen-bond acceptors (Lipinski definition) is 5. The molecule has 0 aromatic carbocycles. The van der Waals surface area contributed by atoms with Crippen LogP contribution in [0.25, 0.3) is 0 Å². The molecule has 3 fully saturated rings. The standard InChI is InChI=1S/C20H35N3O4/c1-3-26-15-18(24)22-11-9-20(10-12-22)16-23(19(25)27-20)14-13-21(2)17-7-5-4-6-8-17/h17H,3-16H2,1-2H3. The second-order valence-corrected chi connectivity index (χ2v) is 8.26. The fraction of sp³-hybridized carbons (Fsp3) is 0.900. The van der Waals surface area contributed by atoms with E-state index < -0.39 is 5.60 Å². The van der Waals surface area contributed by atoms with Crippen molar-refractivity contribution in [1.29, 1.82) is 0 Å². The minimum atomic E-state index is -0.414. The molecule has 2 saturated heterocycles. The summed E-state index contributed by atoms with van der Waals surface area (Å²) >= 11 is 0. The Balaban J connectivity index is 1.44. The number of nitrogens with zero attached hydrogens (tertiary/aromatic N) is 3. The predicted molar refractivity (Wildman–Crippen MR) is 103 cm³/mol. The van der Waals surface area contributed by atoms with Gasteiger partial charge < -0.3 is 24.2 Å². The van der Waals surface area contributed by atoms with Crippen LogP contribution in [0.3, 0.4) is 0 Å². The van der Waals surface area contributed by atoms with Crippen molar-refractivity contribution in [2.75, 3.05) is 53.0 Å². The van der Waals surface area contributed by atoms with Crippen molar-refractivity contribution in [2.45, 2.75) is 63.5 Å². The van der Waals surface area contributed by atoms with Crippen LogP contribution in [0.15, 0.2) is 0 Å². The normalized spacial score (nSPS) is 23.3. The van der Waals surface area contributed by atoms with Gasteiger partial charge in [-0.15, -0.1) is 0 Å². The molecule has 7 heteroatoms. The van der Waals surface area contributed by atoms with Gasteiger partial charge in [0.25, 0.3) is 0 Å². The second kappa shape index (κ2) is 9.24. The third kappa shape index (κ3) is 5.13. The summed E-state index contributed by atoms with van der Waals surface area (Å²) in [5, 5.41) is 0. The molecule has 1 aliphatic carbocycles. The maximum Gasteiger partial charge on any atom is 0.410 e. The zero-order chi connectivity index (χ0) is 19.3. The quantitative estimate of drug-likeness (QED) is 0.676. The Kier molecular flexibility index (Phi) is 6.98. The lowest BCUT2D eigenvalue weighted by atomic mass is 9.91. The highest BCUT2D eigenvalue weighted by Crippen LogP contribution is 2.33. The van der Waals surface area contributed by atoms with E-state index in [1.807, 2.05) is 16.7 Å². The summed E-state index contributed by atoms with van der Waals surface area (Å²) in [7, 11) is 2.18. The van der Waals surface area contributed by atoms with E-state index >= 15 is 0 Å². The Morgan fingerprint density at radius 1 is 1.26 bits per heavy atom. The molecule has 1 saturated carbocycles. The van der Waals surface area contributed by atoms with Crippen LogP contribution in [0.5, 0.6) is 0 Å². The Morgan fingerprint density at radius 2 is 1.96 bits per heavy atom. The van der Waals surface area contributed by atoms with E-state index in [1.165, 1.54) is 32.1 Å². The molecule has 0 aromatic heterocycles. The number of rotatable bonds is 7. The number of likely N-dealkylation sites (N-methyl/N-ethyl adjacent to an activating group) is 1. The summed E-state index contributed by atoms with van der Waals surface area (Å²) in [6.45, 7) is 6.11. The lowest BCUT2D eigenvalue weighted by Crippen LogP contribution is -2.49. The molecule has 0 radical (unpaired) electrons. The zero-order valence-corrected chi connectivity index (χ0v) is 17.0. The molecule has 1 spiro atoms. The lowest BCUT2D eigenvalue weighted by molar-refractivity contribution is -0.139. The fourth-order valence-corrected chi connectivity index (χ4v) is 4.55. The largest absolute Gasteiger partial charge is 0.441 e. The minimum absolute atomic E-state index is 0.0296. The molecule has 0 bridgehead atoms. The molecule has 154 valence electrons. The smallest absolute Gasteiger partial charge is 0.410 e. The molecule has 7 nitrogen and oxygen atoms in total. The monoisotopic (exact) mass is 381 g/mol. The van der Waals surface area contributed by atoms with Gasteiger partial charge in [-0.1, -0.05) is 19.3 Å². The maximum absolute atomic E-state index is 12.4. The van der Waals surface area contributed by atoms with Crippen LogP contribution in [-0.4, -0.2) is 91.3 Å². The highest BCUT2D eigenvalue weighted by atomic mass is 16.6. The molecule has 0 aromatic rings. The van der Waals surface area contributed by atoms with Gasteiger partial charge in [-0.25, -0.2) is 4.79 Å². The summed E-state index contributed by atoms with van der Waals surface area (Å²) in [5.74, 6) is 0.0296. The van der Waals surface area contributed by atoms with Crippen molar-refractivity contribution >= 4 is 12.0 Å². The Labute approximate surface area is 162 Å². The van der Waals surface area contributed by atoms with Crippen LogP contribution >= 0.6 is 0 Å². The number of carbonyl (C=O) groups is 2. The van der Waals surface area contributed by atoms with Crippen molar-refractivity contribution in [3.8, 4) is 0 Å². The number of amides is 2. The highest BCUT2D eigenvalue weighted by Gasteiger charge is 2.47. The van der Waals surface area contributed by atoms with Gasteiger partial charge in [0.15, 0.2) is 0 Å². The number of likely N-dealkylation sites (tertiary alicyclic amines) is 1. The van der Waals surface area contributed by atoms with Gasteiger partial charge in [-0.2, -0.15) is 0 Å². The van der Waals surface area contributed by atoms with E-state index in [4.69, 9.17) is 9.47 Å². The summed E-state index contributed by atoms with van der Waals surface area (Å²) in [6, 6.07) is 0.658. The van der Waals surface area contributed by atoms with Crippen molar-refractivity contribution in [3.05, 3.63) is 0 Å². The zero-order valence-electron chi connectivity index (χ0n) is 17.0. The molecular weight excluding hydrogens is 346 g/mol. The Bertz CT molecular complexity index is 513. The van der Waals surface area contributed by atoms with Crippen molar-refractivity contribution in [3.63, 3.8) is 0 Å². The van der Waals surface area contributed by atoms with Gasteiger partial charge in [0, 0.05) is 51.7 Å². The van der Waals surface area contributed by atoms with Gasteiger partial charge in [0.05, 0.1) is 6.54 Å². The molecule has 2 amide bonds. The van der Waals surface area contributed by atoms with E-state index in [9.17, 15) is 9.59 Å². The Hall–Kier alpha value is -1.34. The molecule has 27 heavy (non-hydrogen) atoms. The molecular formula is C20H35N3O4. The number of hydrogen-bond donors (Lipinski definition) is 0. The maximum atomic E-state index is 12.4. The summed E-state index contributed by atoms with van der Waals surface area (Å²) in [4.78, 5) is 30.6. The number of piperidine rings is 1. The number of carbonyl (C=O) groups excluding carboxylic acids is 2. The second-order valence-electron chi connectivity index (χ2n) is 8.26. The molecule has 3 rings (SSSR count). The molecule has 0 unspecified atom stereocenters. The van der Waals surface area contributed by atoms with E-state index in [-0.39, 0.29) is 18.6 Å². The topological polar surface area (TPSA) is 62.3 Å². The molecule has 2 aliphatic heterocycles. The third-order valence-corrected chi connectivity index (χ3v) is 6.42. The van der Waals surface area contributed by atoms with Crippen molar-refractivity contribution in [1.82, 2.24) is 14.7 Å². The van der Waals surface area contributed by atoms with Crippen LogP contribution in [0.1, 0.15) is 51.9 Å². The van der Waals surface area contributed by atoms with Gasteiger partial charge in [-0.3, -0.25) is 4.79 Å². The van der Waals surface area contributed by atoms with Gasteiger partial charge >= 0.3 is 6.09 Å². The van der Waals surface area contributed by atoms with Crippen LogP contribution in [0.2, 0.25) is 0 Å². The van der Waals surface area contributed by atoms with Gasteiger partial charge in [-0.05, 0) is 26.8 Å². The van der Waals surface area contributed by atoms with Crippen LogP contribution in [0, 0.1) is 0 Å². The van der Waals surface area contributed by atoms with E-state index in [0.717, 1.165) is 13.1 Å². The van der Waals surface area contributed by atoms with E-state index in [1.54, 1.807) is 0 Å². The summed E-state index contributed by atoms with van der Waals surface area (Å²) in [5.41, 5.74) is -0.414. The fourth-order valence-electron chi connectivity index (χ4n) is 4.55. The van der Waals surface area contributed by atoms with Gasteiger partial charge in [0.2, 0.25) is 5.91 Å². The lowest BCUT2D eigenvalue weighted by Gasteiger charge is -2.37. The van der Waals surface area contributed by atoms with Crippen molar-refractivity contribution in [2.24, 2.45) is 0 Å². The first kappa shape index (κ1) is 20.4. The first-order chi connectivity index (χ1) is 13.0. The number of ether oxygens (including phenoxy) is 2. The van der Waals surface area contributed by atoms with E-state index in [2.05, 4.69) is 11.9 Å². The third-order valence-electron chi connectivity index (χ3n) is 6.42. The average Bonchev–Trinajstić information content (AvgIpc) is 3.00. The first-order valence-corrected chi connectivity index (χ1v) is 10.6. The minimum Gasteiger partial charge on any atom is -0.441 e. The molecule has 0 atom stereocenters. The molecule has 3 aliphatic rings. The average molecular weight is 382 g/mol. The summed E-state index contributed by atoms with van der Waals surface area (Å²) in [6.07, 6.45) is 7.78. The van der Waals surface area contributed by atoms with Gasteiger partial charge in [0.1, 0.15) is 12.2 Å². The van der Waals surface area contributed by atoms with Crippen LogP contribution in [-0.2, 0) is 14.3 Å². The molecule has 2 heterocycles. The predicted octanol–water partition coefficient (Wildman–Crippen LogP) is 2.10. The van der Waals surface area contributed by atoms with Crippen LogP contribution < -0.4 is 0 Å². The highest BCUT2D eigenvalue weighted by molar-refractivity contribution is 5.77. The molecule has 0 N–H and O–H groups in total.